The van der Waals surface area contributed by atoms with Crippen LogP contribution in [0.2, 0.25) is 0 Å². The predicted octanol–water partition coefficient (Wildman–Crippen LogP) is 4.12. The van der Waals surface area contributed by atoms with Crippen LogP contribution in [-0.2, 0) is 11.3 Å². The molecule has 0 aliphatic carbocycles. The lowest BCUT2D eigenvalue weighted by atomic mass is 10.1. The summed E-state index contributed by atoms with van der Waals surface area (Å²) in [5.74, 6) is 0. The van der Waals surface area contributed by atoms with Gasteiger partial charge in [0, 0.05) is 30.6 Å². The van der Waals surface area contributed by atoms with Gasteiger partial charge in [0.25, 0.3) is 0 Å². The molecule has 2 heterocycles. The Balaban J connectivity index is 1.47. The summed E-state index contributed by atoms with van der Waals surface area (Å²) in [6, 6.07) is 13.1. The first-order chi connectivity index (χ1) is 11.4. The Labute approximate surface area is 147 Å². The quantitative estimate of drug-likeness (QED) is 0.907. The van der Waals surface area contributed by atoms with Crippen LogP contribution in [0.5, 0.6) is 0 Å². The normalized spacial score (nSPS) is 15.2. The van der Waals surface area contributed by atoms with Crippen LogP contribution in [0.3, 0.4) is 0 Å². The summed E-state index contributed by atoms with van der Waals surface area (Å²) in [6.45, 7) is 7.90. The minimum Gasteiger partial charge on any atom is -0.444 e. The Hall–Kier alpha value is -1.85. The largest absolute Gasteiger partial charge is 0.444 e. The number of hydrogen-bond donors (Lipinski definition) is 1. The monoisotopic (exact) mass is 344 g/mol. The van der Waals surface area contributed by atoms with E-state index >= 15 is 0 Å². The van der Waals surface area contributed by atoms with Gasteiger partial charge >= 0.3 is 6.09 Å². The van der Waals surface area contributed by atoms with Crippen molar-refractivity contribution in [1.82, 2.24) is 10.2 Å². The van der Waals surface area contributed by atoms with E-state index in [1.807, 2.05) is 20.8 Å². The van der Waals surface area contributed by atoms with Crippen molar-refractivity contribution in [2.75, 3.05) is 13.1 Å². The zero-order chi connectivity index (χ0) is 17.2. The van der Waals surface area contributed by atoms with Crippen LogP contribution in [0.1, 0.15) is 26.3 Å². The molecular weight excluding hydrogens is 320 g/mol. The van der Waals surface area contributed by atoms with Crippen molar-refractivity contribution in [1.29, 1.82) is 0 Å². The Kier molecular flexibility index (Phi) is 4.92. The average molecular weight is 344 g/mol. The Morgan fingerprint density at radius 2 is 2.08 bits per heavy atom. The second-order valence-electron chi connectivity index (χ2n) is 7.14. The summed E-state index contributed by atoms with van der Waals surface area (Å²) >= 11 is 1.75. The van der Waals surface area contributed by atoms with Crippen molar-refractivity contribution >= 4 is 17.4 Å². The predicted molar refractivity (Wildman–Crippen MR) is 98.2 cm³/mol. The number of amides is 1. The molecule has 1 aromatic heterocycles. The summed E-state index contributed by atoms with van der Waals surface area (Å²) in [5, 5.41) is 5.61. The number of likely N-dealkylation sites (tertiary alicyclic amines) is 1. The molecule has 3 rings (SSSR count). The first-order valence-corrected chi connectivity index (χ1v) is 9.13. The third-order valence-corrected chi connectivity index (χ3v) is 4.78. The molecule has 1 aliphatic rings. The molecule has 1 amide bonds. The topological polar surface area (TPSA) is 41.6 Å². The molecule has 1 aliphatic heterocycles. The molecule has 4 nitrogen and oxygen atoms in total. The van der Waals surface area contributed by atoms with Gasteiger partial charge in [-0.2, -0.15) is 0 Å². The van der Waals surface area contributed by atoms with Gasteiger partial charge in [-0.1, -0.05) is 24.3 Å². The molecule has 5 heteroatoms. The fourth-order valence-corrected chi connectivity index (χ4v) is 3.35. The Morgan fingerprint density at radius 3 is 2.75 bits per heavy atom. The number of thiophene rings is 1. The third-order valence-electron chi connectivity index (χ3n) is 3.86. The van der Waals surface area contributed by atoms with Gasteiger partial charge in [0.15, 0.2) is 0 Å². The highest BCUT2D eigenvalue weighted by atomic mass is 32.1. The molecule has 0 spiro atoms. The maximum atomic E-state index is 11.9. The number of carbonyl (C=O) groups is 1. The van der Waals surface area contributed by atoms with Crippen molar-refractivity contribution in [2.45, 2.75) is 39.0 Å². The van der Waals surface area contributed by atoms with Gasteiger partial charge < -0.3 is 15.0 Å². The number of benzene rings is 1. The molecule has 0 unspecified atom stereocenters. The maximum Gasteiger partial charge on any atom is 0.410 e. The van der Waals surface area contributed by atoms with E-state index in [0.29, 0.717) is 19.1 Å². The maximum absolute atomic E-state index is 11.9. The second kappa shape index (κ2) is 6.95. The van der Waals surface area contributed by atoms with Crippen LogP contribution in [0, 0.1) is 0 Å². The minimum atomic E-state index is -0.433. The van der Waals surface area contributed by atoms with Crippen molar-refractivity contribution in [3.05, 3.63) is 47.3 Å². The van der Waals surface area contributed by atoms with Crippen LogP contribution in [0.15, 0.2) is 41.8 Å². The molecule has 0 atom stereocenters. The summed E-state index contributed by atoms with van der Waals surface area (Å²) in [7, 11) is 0. The molecule has 1 saturated heterocycles. The third kappa shape index (κ3) is 4.36. The molecule has 2 aromatic rings. The standard InChI is InChI=1S/C19H24N2O2S/c1-19(2,3)23-18(22)21-12-16(13-21)20-11-14-6-4-7-15(10-14)17-8-5-9-24-17/h4-10,16,20H,11-13H2,1-3H3. The average Bonchev–Trinajstić information content (AvgIpc) is 2.98. The molecule has 0 bridgehead atoms. The van der Waals surface area contributed by atoms with E-state index in [1.54, 1.807) is 16.2 Å². The lowest BCUT2D eigenvalue weighted by Gasteiger charge is -2.40. The Morgan fingerprint density at radius 1 is 1.29 bits per heavy atom. The summed E-state index contributed by atoms with van der Waals surface area (Å²) in [5.41, 5.74) is 2.09. The van der Waals surface area contributed by atoms with E-state index in [2.05, 4.69) is 47.1 Å². The van der Waals surface area contributed by atoms with Gasteiger partial charge in [-0.05, 0) is 49.4 Å². The highest BCUT2D eigenvalue weighted by molar-refractivity contribution is 7.13. The van der Waals surface area contributed by atoms with Crippen LogP contribution < -0.4 is 5.32 Å². The van der Waals surface area contributed by atoms with Crippen LogP contribution in [0.25, 0.3) is 10.4 Å². The minimum absolute atomic E-state index is 0.222. The van der Waals surface area contributed by atoms with E-state index in [1.165, 1.54) is 16.0 Å². The van der Waals surface area contributed by atoms with Crippen molar-refractivity contribution in [3.8, 4) is 10.4 Å². The lowest BCUT2D eigenvalue weighted by Crippen LogP contribution is -2.60. The summed E-state index contributed by atoms with van der Waals surface area (Å²) in [4.78, 5) is 14.9. The highest BCUT2D eigenvalue weighted by Crippen LogP contribution is 2.25. The zero-order valence-corrected chi connectivity index (χ0v) is 15.2. The van der Waals surface area contributed by atoms with Gasteiger partial charge in [-0.25, -0.2) is 4.79 Å². The van der Waals surface area contributed by atoms with Gasteiger partial charge in [0.1, 0.15) is 5.60 Å². The number of rotatable bonds is 4. The fourth-order valence-electron chi connectivity index (χ4n) is 2.62. The first kappa shape index (κ1) is 17.0. The summed E-state index contributed by atoms with van der Waals surface area (Å²) < 4.78 is 5.37. The lowest BCUT2D eigenvalue weighted by molar-refractivity contribution is 0.00519. The second-order valence-corrected chi connectivity index (χ2v) is 8.09. The number of nitrogens with one attached hydrogen (secondary N) is 1. The molecule has 1 aromatic carbocycles. The molecule has 128 valence electrons. The van der Waals surface area contributed by atoms with E-state index in [4.69, 9.17) is 4.74 Å². The first-order valence-electron chi connectivity index (χ1n) is 8.25. The van der Waals surface area contributed by atoms with E-state index in [-0.39, 0.29) is 6.09 Å². The van der Waals surface area contributed by atoms with Gasteiger partial charge in [0.2, 0.25) is 0 Å². The SMILES string of the molecule is CC(C)(C)OC(=O)N1CC(NCc2cccc(-c3cccs3)c2)C1. The van der Waals surface area contributed by atoms with Crippen molar-refractivity contribution in [3.63, 3.8) is 0 Å². The number of nitrogens with zero attached hydrogens (tertiary/aromatic N) is 1. The van der Waals surface area contributed by atoms with Gasteiger partial charge in [-0.3, -0.25) is 0 Å². The van der Waals surface area contributed by atoms with Crippen molar-refractivity contribution < 1.29 is 9.53 Å². The molecule has 1 fully saturated rings. The molecule has 0 radical (unpaired) electrons. The molecule has 1 N–H and O–H groups in total. The van der Waals surface area contributed by atoms with Gasteiger partial charge in [0.05, 0.1) is 0 Å². The molecular formula is C19H24N2O2S. The zero-order valence-electron chi connectivity index (χ0n) is 14.4. The number of carbonyl (C=O) groups excluding carboxylic acids is 1. The van der Waals surface area contributed by atoms with E-state index < -0.39 is 5.60 Å². The van der Waals surface area contributed by atoms with Crippen LogP contribution in [0.4, 0.5) is 4.79 Å². The number of hydrogen-bond acceptors (Lipinski definition) is 4. The summed E-state index contributed by atoms with van der Waals surface area (Å²) in [6.07, 6.45) is -0.222. The highest BCUT2D eigenvalue weighted by Gasteiger charge is 2.33. The van der Waals surface area contributed by atoms with Crippen LogP contribution in [-0.4, -0.2) is 35.7 Å². The fraction of sp³-hybridized carbons (Fsp3) is 0.421. The van der Waals surface area contributed by atoms with Crippen molar-refractivity contribution in [2.24, 2.45) is 0 Å². The number of ether oxygens (including phenoxy) is 1. The van der Waals surface area contributed by atoms with E-state index in [0.717, 1.165) is 6.54 Å². The molecule has 0 saturated carbocycles. The van der Waals surface area contributed by atoms with E-state index in [9.17, 15) is 4.79 Å². The van der Waals surface area contributed by atoms with Gasteiger partial charge in [-0.15, -0.1) is 11.3 Å². The molecule has 24 heavy (non-hydrogen) atoms. The Bertz CT molecular complexity index is 686. The smallest absolute Gasteiger partial charge is 0.410 e. The van der Waals surface area contributed by atoms with Crippen LogP contribution >= 0.6 is 11.3 Å².